The van der Waals surface area contributed by atoms with Crippen molar-refractivity contribution in [2.24, 2.45) is 0 Å². The van der Waals surface area contributed by atoms with E-state index in [1.807, 2.05) is 48.0 Å². The molecule has 0 amide bonds. The Bertz CT molecular complexity index is 1130. The molecule has 0 radical (unpaired) electrons. The van der Waals surface area contributed by atoms with Crippen molar-refractivity contribution >= 4 is 17.2 Å². The SMILES string of the molecule is Cc1cc(Nc2nc(C(c3ccc(F)cc3)N3CCCC3)nn3cccc23)n[nH]1. The number of likely N-dealkylation sites (tertiary alicyclic amines) is 1. The summed E-state index contributed by atoms with van der Waals surface area (Å²) >= 11 is 0. The van der Waals surface area contributed by atoms with Crippen molar-refractivity contribution in [1.29, 1.82) is 0 Å². The van der Waals surface area contributed by atoms with Crippen LogP contribution < -0.4 is 5.32 Å². The van der Waals surface area contributed by atoms with Gasteiger partial charge in [0.1, 0.15) is 11.3 Å². The first-order valence-corrected chi connectivity index (χ1v) is 9.81. The van der Waals surface area contributed by atoms with Crippen LogP contribution in [0.25, 0.3) is 5.52 Å². The van der Waals surface area contributed by atoms with Gasteiger partial charge in [-0.3, -0.25) is 10.00 Å². The van der Waals surface area contributed by atoms with E-state index in [9.17, 15) is 4.39 Å². The van der Waals surface area contributed by atoms with E-state index in [2.05, 4.69) is 20.4 Å². The highest BCUT2D eigenvalue weighted by atomic mass is 19.1. The molecule has 4 aromatic rings. The van der Waals surface area contributed by atoms with Gasteiger partial charge in [0, 0.05) is 18.0 Å². The van der Waals surface area contributed by atoms with Crippen molar-refractivity contribution < 1.29 is 4.39 Å². The molecular weight excluding hydrogens is 369 g/mol. The number of aromatic amines is 1. The van der Waals surface area contributed by atoms with Gasteiger partial charge in [-0.1, -0.05) is 12.1 Å². The number of fused-ring (bicyclic) bond motifs is 1. The number of rotatable bonds is 5. The van der Waals surface area contributed by atoms with Crippen molar-refractivity contribution in [2.45, 2.75) is 25.8 Å². The summed E-state index contributed by atoms with van der Waals surface area (Å²) in [5, 5.41) is 15.3. The first-order chi connectivity index (χ1) is 14.2. The van der Waals surface area contributed by atoms with E-state index in [4.69, 9.17) is 10.1 Å². The summed E-state index contributed by atoms with van der Waals surface area (Å²) in [6, 6.07) is 12.4. The summed E-state index contributed by atoms with van der Waals surface area (Å²) in [6.45, 7) is 3.89. The number of benzene rings is 1. The van der Waals surface area contributed by atoms with Gasteiger partial charge < -0.3 is 5.32 Å². The zero-order valence-corrected chi connectivity index (χ0v) is 16.1. The first kappa shape index (κ1) is 17.8. The minimum absolute atomic E-state index is 0.133. The molecule has 7 nitrogen and oxygen atoms in total. The monoisotopic (exact) mass is 391 g/mol. The van der Waals surface area contributed by atoms with E-state index in [-0.39, 0.29) is 11.9 Å². The molecule has 0 aliphatic carbocycles. The van der Waals surface area contributed by atoms with Gasteiger partial charge >= 0.3 is 0 Å². The number of aryl methyl sites for hydroxylation is 1. The molecule has 0 bridgehead atoms. The standard InChI is InChI=1S/C21H22FN7/c1-14-13-18(26-25-14)23-20-17-5-4-12-29(17)27-21(24-20)19(28-10-2-3-11-28)15-6-8-16(22)9-7-15/h4-9,12-13,19H,2-3,10-11H2,1H3,(H2,23,24,25,26,27). The van der Waals surface area contributed by atoms with Gasteiger partial charge in [-0.05, 0) is 62.7 Å². The van der Waals surface area contributed by atoms with Crippen LogP contribution in [0.2, 0.25) is 0 Å². The third kappa shape index (κ3) is 3.47. The fourth-order valence-electron chi connectivity index (χ4n) is 3.93. The Labute approximate surface area is 167 Å². The van der Waals surface area contributed by atoms with E-state index >= 15 is 0 Å². The van der Waals surface area contributed by atoms with E-state index in [0.29, 0.717) is 17.5 Å². The quantitative estimate of drug-likeness (QED) is 0.541. The lowest BCUT2D eigenvalue weighted by atomic mass is 10.0. The Hall–Kier alpha value is -3.26. The summed E-state index contributed by atoms with van der Waals surface area (Å²) < 4.78 is 15.4. The molecule has 0 saturated carbocycles. The predicted octanol–water partition coefficient (Wildman–Crippen LogP) is 3.83. The van der Waals surface area contributed by atoms with Gasteiger partial charge in [-0.25, -0.2) is 13.9 Å². The number of hydrogen-bond acceptors (Lipinski definition) is 5. The highest BCUT2D eigenvalue weighted by Gasteiger charge is 2.28. The van der Waals surface area contributed by atoms with Crippen molar-refractivity contribution in [3.63, 3.8) is 0 Å². The molecule has 1 unspecified atom stereocenters. The number of halogens is 1. The van der Waals surface area contributed by atoms with Gasteiger partial charge in [0.05, 0.1) is 6.04 Å². The number of anilines is 2. The molecule has 1 aromatic carbocycles. The Morgan fingerprint density at radius 2 is 1.93 bits per heavy atom. The molecule has 1 atom stereocenters. The van der Waals surface area contributed by atoms with Gasteiger partial charge in [-0.15, -0.1) is 0 Å². The van der Waals surface area contributed by atoms with Gasteiger partial charge in [-0.2, -0.15) is 10.2 Å². The molecule has 1 aliphatic heterocycles. The number of H-pyrrole nitrogens is 1. The molecule has 1 aliphatic rings. The van der Waals surface area contributed by atoms with Gasteiger partial charge in [0.2, 0.25) is 0 Å². The number of hydrogen-bond donors (Lipinski definition) is 2. The highest BCUT2D eigenvalue weighted by molar-refractivity contribution is 5.72. The Balaban J connectivity index is 1.61. The Kier molecular flexibility index (Phi) is 4.48. The summed E-state index contributed by atoms with van der Waals surface area (Å²) in [4.78, 5) is 7.25. The summed E-state index contributed by atoms with van der Waals surface area (Å²) in [7, 11) is 0. The first-order valence-electron chi connectivity index (χ1n) is 9.81. The van der Waals surface area contributed by atoms with E-state index < -0.39 is 0 Å². The molecule has 5 rings (SSSR count). The molecule has 0 spiro atoms. The summed E-state index contributed by atoms with van der Waals surface area (Å²) in [5.41, 5.74) is 2.82. The average molecular weight is 391 g/mol. The van der Waals surface area contributed by atoms with Crippen molar-refractivity contribution in [2.75, 3.05) is 18.4 Å². The third-order valence-corrected chi connectivity index (χ3v) is 5.30. The fourth-order valence-corrected chi connectivity index (χ4v) is 3.93. The van der Waals surface area contributed by atoms with Crippen LogP contribution in [0.15, 0.2) is 48.7 Å². The van der Waals surface area contributed by atoms with Crippen LogP contribution in [0.4, 0.5) is 16.0 Å². The zero-order chi connectivity index (χ0) is 19.8. The van der Waals surface area contributed by atoms with Crippen LogP contribution in [-0.4, -0.2) is 42.8 Å². The molecular formula is C21H22FN7. The second-order valence-electron chi connectivity index (χ2n) is 7.41. The van der Waals surface area contributed by atoms with Crippen molar-refractivity contribution in [1.82, 2.24) is 29.7 Å². The van der Waals surface area contributed by atoms with Crippen LogP contribution >= 0.6 is 0 Å². The minimum Gasteiger partial charge on any atom is -0.322 e. The van der Waals surface area contributed by atoms with Crippen LogP contribution in [0, 0.1) is 12.7 Å². The molecule has 1 fully saturated rings. The second-order valence-corrected chi connectivity index (χ2v) is 7.41. The summed E-state index contributed by atoms with van der Waals surface area (Å²) in [6.07, 6.45) is 4.19. The van der Waals surface area contributed by atoms with Crippen LogP contribution in [0.5, 0.6) is 0 Å². The smallest absolute Gasteiger partial charge is 0.173 e. The maximum absolute atomic E-state index is 13.5. The normalized spacial score (nSPS) is 15.8. The molecule has 8 heteroatoms. The van der Waals surface area contributed by atoms with Crippen LogP contribution in [0.3, 0.4) is 0 Å². The lowest BCUT2D eigenvalue weighted by Crippen LogP contribution is -2.29. The van der Waals surface area contributed by atoms with Crippen molar-refractivity contribution in [3.05, 3.63) is 71.6 Å². The van der Waals surface area contributed by atoms with E-state index in [0.717, 1.165) is 42.7 Å². The maximum Gasteiger partial charge on any atom is 0.173 e. The molecule has 29 heavy (non-hydrogen) atoms. The number of nitrogens with zero attached hydrogens (tertiary/aromatic N) is 5. The Morgan fingerprint density at radius 1 is 1.14 bits per heavy atom. The van der Waals surface area contributed by atoms with E-state index in [1.165, 1.54) is 12.1 Å². The molecule has 2 N–H and O–H groups in total. The molecule has 4 heterocycles. The van der Waals surface area contributed by atoms with E-state index in [1.54, 1.807) is 0 Å². The predicted molar refractivity (Wildman–Crippen MR) is 109 cm³/mol. The third-order valence-electron chi connectivity index (χ3n) is 5.30. The number of nitrogens with one attached hydrogen (secondary N) is 2. The van der Waals surface area contributed by atoms with Crippen LogP contribution in [-0.2, 0) is 0 Å². The Morgan fingerprint density at radius 3 is 2.66 bits per heavy atom. The minimum atomic E-state index is -0.244. The highest BCUT2D eigenvalue weighted by Crippen LogP contribution is 2.31. The zero-order valence-electron chi connectivity index (χ0n) is 16.1. The van der Waals surface area contributed by atoms with Crippen LogP contribution in [0.1, 0.15) is 36.0 Å². The molecule has 1 saturated heterocycles. The van der Waals surface area contributed by atoms with Crippen molar-refractivity contribution in [3.8, 4) is 0 Å². The molecule has 148 valence electrons. The lowest BCUT2D eigenvalue weighted by molar-refractivity contribution is 0.269. The topological polar surface area (TPSA) is 74.1 Å². The second kappa shape index (κ2) is 7.29. The van der Waals surface area contributed by atoms with Gasteiger partial charge in [0.25, 0.3) is 0 Å². The maximum atomic E-state index is 13.5. The van der Waals surface area contributed by atoms with Gasteiger partial charge in [0.15, 0.2) is 17.5 Å². The number of aromatic nitrogens is 5. The average Bonchev–Trinajstić information content (AvgIpc) is 3.46. The summed E-state index contributed by atoms with van der Waals surface area (Å²) in [5.74, 6) is 1.83. The lowest BCUT2D eigenvalue weighted by Gasteiger charge is -2.27. The molecule has 3 aromatic heterocycles. The largest absolute Gasteiger partial charge is 0.322 e. The fraction of sp³-hybridized carbons (Fsp3) is 0.286.